The lowest BCUT2D eigenvalue weighted by Crippen LogP contribution is -2.17. The van der Waals surface area contributed by atoms with Gasteiger partial charge in [-0.05, 0) is 58.2 Å². The van der Waals surface area contributed by atoms with Crippen LogP contribution in [0.15, 0.2) is 77.4 Å². The van der Waals surface area contributed by atoms with Crippen LogP contribution in [0.3, 0.4) is 0 Å². The van der Waals surface area contributed by atoms with E-state index in [-0.39, 0.29) is 0 Å². The van der Waals surface area contributed by atoms with Gasteiger partial charge in [0.1, 0.15) is 12.4 Å². The lowest BCUT2D eigenvalue weighted by molar-refractivity contribution is 0.296. The molecule has 0 aliphatic heterocycles. The molecular weight excluding hydrogens is 404 g/mol. The zero-order valence-electron chi connectivity index (χ0n) is 15.1. The van der Waals surface area contributed by atoms with Crippen LogP contribution in [-0.2, 0) is 13.2 Å². The van der Waals surface area contributed by atoms with E-state index in [1.54, 1.807) is 6.20 Å². The second-order valence-corrected chi connectivity index (χ2v) is 6.94. The maximum absolute atomic E-state index is 5.89. The third-order valence-electron chi connectivity index (χ3n) is 3.95. The number of halogens is 1. The molecule has 140 valence electrons. The predicted molar refractivity (Wildman–Crippen MR) is 111 cm³/mol. The Kier molecular flexibility index (Phi) is 7.69. The highest BCUT2D eigenvalue weighted by Gasteiger charge is 2.03. The predicted octanol–water partition coefficient (Wildman–Crippen LogP) is 4.98. The van der Waals surface area contributed by atoms with Gasteiger partial charge in [0.25, 0.3) is 0 Å². The van der Waals surface area contributed by atoms with Gasteiger partial charge in [-0.25, -0.2) is 4.98 Å². The van der Waals surface area contributed by atoms with Crippen LogP contribution in [0.4, 0.5) is 0 Å². The average molecular weight is 427 g/mol. The SMILES string of the molecule is Brc1cc(CNCCCOc2ccccn2)ccc1OCc1ccccc1. The van der Waals surface area contributed by atoms with Gasteiger partial charge in [0.2, 0.25) is 5.88 Å². The van der Waals surface area contributed by atoms with E-state index in [2.05, 4.69) is 50.5 Å². The molecule has 0 bridgehead atoms. The van der Waals surface area contributed by atoms with Gasteiger partial charge in [-0.2, -0.15) is 0 Å². The molecule has 0 unspecified atom stereocenters. The van der Waals surface area contributed by atoms with Crippen molar-refractivity contribution < 1.29 is 9.47 Å². The Hall–Kier alpha value is -2.37. The van der Waals surface area contributed by atoms with Crippen molar-refractivity contribution in [3.63, 3.8) is 0 Å². The Morgan fingerprint density at radius 3 is 2.52 bits per heavy atom. The fourth-order valence-corrected chi connectivity index (χ4v) is 3.09. The van der Waals surface area contributed by atoms with E-state index in [1.165, 1.54) is 5.56 Å². The van der Waals surface area contributed by atoms with Gasteiger partial charge in [0.05, 0.1) is 11.1 Å². The van der Waals surface area contributed by atoms with E-state index in [4.69, 9.17) is 9.47 Å². The van der Waals surface area contributed by atoms with Crippen LogP contribution in [-0.4, -0.2) is 18.1 Å². The molecule has 0 saturated carbocycles. The molecule has 0 spiro atoms. The van der Waals surface area contributed by atoms with Crippen molar-refractivity contribution in [2.75, 3.05) is 13.2 Å². The average Bonchev–Trinajstić information content (AvgIpc) is 2.71. The highest BCUT2D eigenvalue weighted by molar-refractivity contribution is 9.10. The largest absolute Gasteiger partial charge is 0.488 e. The Morgan fingerprint density at radius 1 is 0.889 bits per heavy atom. The first-order chi connectivity index (χ1) is 13.3. The van der Waals surface area contributed by atoms with Crippen molar-refractivity contribution in [1.29, 1.82) is 0 Å². The number of pyridine rings is 1. The summed E-state index contributed by atoms with van der Waals surface area (Å²) in [4.78, 5) is 4.14. The van der Waals surface area contributed by atoms with E-state index in [0.29, 0.717) is 19.1 Å². The summed E-state index contributed by atoms with van der Waals surface area (Å²) in [6, 6.07) is 22.0. The Balaban J connectivity index is 1.36. The van der Waals surface area contributed by atoms with Crippen LogP contribution in [0.2, 0.25) is 0 Å². The summed E-state index contributed by atoms with van der Waals surface area (Å²) in [7, 11) is 0. The summed E-state index contributed by atoms with van der Waals surface area (Å²) in [5.74, 6) is 1.53. The molecule has 5 heteroatoms. The maximum Gasteiger partial charge on any atom is 0.213 e. The number of nitrogens with one attached hydrogen (secondary N) is 1. The third kappa shape index (κ3) is 6.70. The second kappa shape index (κ2) is 10.7. The first-order valence-corrected chi connectivity index (χ1v) is 9.80. The molecule has 0 amide bonds. The zero-order chi connectivity index (χ0) is 18.7. The highest BCUT2D eigenvalue weighted by Crippen LogP contribution is 2.26. The summed E-state index contributed by atoms with van der Waals surface area (Å²) in [6.45, 7) is 2.91. The van der Waals surface area contributed by atoms with Crippen molar-refractivity contribution in [3.8, 4) is 11.6 Å². The highest BCUT2D eigenvalue weighted by atomic mass is 79.9. The van der Waals surface area contributed by atoms with E-state index in [0.717, 1.165) is 35.3 Å². The minimum Gasteiger partial charge on any atom is -0.488 e. The fraction of sp³-hybridized carbons (Fsp3) is 0.227. The van der Waals surface area contributed by atoms with Crippen LogP contribution in [0.1, 0.15) is 17.5 Å². The minimum atomic E-state index is 0.563. The van der Waals surface area contributed by atoms with Crippen LogP contribution in [0.5, 0.6) is 11.6 Å². The molecule has 4 nitrogen and oxygen atoms in total. The van der Waals surface area contributed by atoms with Gasteiger partial charge >= 0.3 is 0 Å². The van der Waals surface area contributed by atoms with E-state index in [1.807, 2.05) is 42.5 Å². The molecule has 0 radical (unpaired) electrons. The van der Waals surface area contributed by atoms with Crippen molar-refractivity contribution in [3.05, 3.63) is 88.5 Å². The first-order valence-electron chi connectivity index (χ1n) is 9.01. The Bertz CT molecular complexity index is 813. The van der Waals surface area contributed by atoms with E-state index < -0.39 is 0 Å². The third-order valence-corrected chi connectivity index (χ3v) is 4.57. The van der Waals surface area contributed by atoms with E-state index >= 15 is 0 Å². The summed E-state index contributed by atoms with van der Waals surface area (Å²) in [5, 5.41) is 3.43. The van der Waals surface area contributed by atoms with Crippen molar-refractivity contribution in [1.82, 2.24) is 10.3 Å². The summed E-state index contributed by atoms with van der Waals surface area (Å²) < 4.78 is 12.4. The Morgan fingerprint density at radius 2 is 1.74 bits per heavy atom. The number of hydrogen-bond donors (Lipinski definition) is 1. The molecule has 0 saturated heterocycles. The van der Waals surface area contributed by atoms with Gasteiger partial charge in [-0.3, -0.25) is 0 Å². The molecule has 0 fully saturated rings. The number of hydrogen-bond acceptors (Lipinski definition) is 4. The van der Waals surface area contributed by atoms with Crippen LogP contribution >= 0.6 is 15.9 Å². The van der Waals surface area contributed by atoms with Gasteiger partial charge < -0.3 is 14.8 Å². The standard InChI is InChI=1S/C22H23BrN2O2/c23-20-15-19(10-11-21(20)27-17-18-7-2-1-3-8-18)16-24-12-6-14-26-22-9-4-5-13-25-22/h1-5,7-11,13,15,24H,6,12,14,16-17H2. The van der Waals surface area contributed by atoms with Crippen molar-refractivity contribution in [2.45, 2.75) is 19.6 Å². The quantitative estimate of drug-likeness (QED) is 0.464. The number of rotatable bonds is 10. The number of nitrogens with zero attached hydrogens (tertiary/aromatic N) is 1. The lowest BCUT2D eigenvalue weighted by Gasteiger charge is -2.11. The topological polar surface area (TPSA) is 43.4 Å². The molecule has 1 aromatic heterocycles. The second-order valence-electron chi connectivity index (χ2n) is 6.09. The molecule has 0 aliphatic carbocycles. The molecule has 2 aromatic carbocycles. The Labute approximate surface area is 168 Å². The normalized spacial score (nSPS) is 10.6. The summed E-state index contributed by atoms with van der Waals surface area (Å²) >= 11 is 3.60. The molecule has 1 N–H and O–H groups in total. The molecule has 3 rings (SSSR count). The van der Waals surface area contributed by atoms with E-state index in [9.17, 15) is 0 Å². The van der Waals surface area contributed by atoms with Gasteiger partial charge in [0.15, 0.2) is 0 Å². The van der Waals surface area contributed by atoms with Gasteiger partial charge in [-0.1, -0.05) is 42.5 Å². The minimum absolute atomic E-state index is 0.563. The van der Waals surface area contributed by atoms with Crippen molar-refractivity contribution in [2.24, 2.45) is 0 Å². The summed E-state index contributed by atoms with van der Waals surface area (Å²) in [5.41, 5.74) is 2.36. The number of ether oxygens (including phenoxy) is 2. The van der Waals surface area contributed by atoms with Gasteiger partial charge in [-0.15, -0.1) is 0 Å². The molecule has 0 aliphatic rings. The lowest BCUT2D eigenvalue weighted by atomic mass is 10.2. The first kappa shape index (κ1) is 19.4. The van der Waals surface area contributed by atoms with Crippen LogP contribution in [0, 0.1) is 0 Å². The molecule has 0 atom stereocenters. The molecular formula is C22H23BrN2O2. The zero-order valence-corrected chi connectivity index (χ0v) is 16.7. The molecule has 1 heterocycles. The monoisotopic (exact) mass is 426 g/mol. The van der Waals surface area contributed by atoms with Crippen LogP contribution in [0.25, 0.3) is 0 Å². The number of aromatic nitrogens is 1. The summed E-state index contributed by atoms with van der Waals surface area (Å²) in [6.07, 6.45) is 2.66. The number of benzene rings is 2. The van der Waals surface area contributed by atoms with Crippen molar-refractivity contribution >= 4 is 15.9 Å². The molecule has 3 aromatic rings. The molecule has 27 heavy (non-hydrogen) atoms. The van der Waals surface area contributed by atoms with Crippen LogP contribution < -0.4 is 14.8 Å². The fourth-order valence-electron chi connectivity index (χ4n) is 2.55. The maximum atomic E-state index is 5.89. The van der Waals surface area contributed by atoms with Gasteiger partial charge in [0, 0.05) is 18.8 Å². The smallest absolute Gasteiger partial charge is 0.213 e.